The van der Waals surface area contributed by atoms with E-state index < -0.39 is 12.1 Å². The molecule has 0 saturated carbocycles. The summed E-state index contributed by atoms with van der Waals surface area (Å²) in [6.07, 6.45) is 90.9. The summed E-state index contributed by atoms with van der Waals surface area (Å²) in [5.41, 5.74) is 0. The van der Waals surface area contributed by atoms with E-state index in [0.717, 1.165) is 148 Å². The topological polar surface area (TPSA) is 78.9 Å². The molecule has 0 saturated heterocycles. The number of rotatable bonds is 51. The molecule has 0 aromatic rings. The van der Waals surface area contributed by atoms with Crippen molar-refractivity contribution in [2.45, 2.75) is 232 Å². The third-order valence-corrected chi connectivity index (χ3v) is 11.7. The Morgan fingerprint density at radius 2 is 0.533 bits per heavy atom. The number of carbonyl (C=O) groups excluding carboxylic acids is 3. The van der Waals surface area contributed by atoms with Crippen molar-refractivity contribution in [2.24, 2.45) is 0 Å². The zero-order chi connectivity index (χ0) is 54.3. The highest BCUT2D eigenvalue weighted by Gasteiger charge is 2.19. The molecule has 0 fully saturated rings. The summed E-state index contributed by atoms with van der Waals surface area (Å²) in [5, 5.41) is 0. The Hall–Kier alpha value is -5.23. The lowest BCUT2D eigenvalue weighted by atomic mass is 10.1. The number of esters is 3. The third kappa shape index (κ3) is 59.5. The molecule has 0 spiro atoms. The lowest BCUT2D eigenvalue weighted by molar-refractivity contribution is -0.166. The molecule has 0 aromatic carbocycles. The van der Waals surface area contributed by atoms with Crippen LogP contribution < -0.4 is 0 Å². The van der Waals surface area contributed by atoms with Gasteiger partial charge in [-0.25, -0.2) is 0 Å². The molecule has 1 unspecified atom stereocenters. The second-order valence-corrected chi connectivity index (χ2v) is 18.8. The lowest BCUT2D eigenvalue weighted by Crippen LogP contribution is -2.30. The Morgan fingerprint density at radius 3 is 0.867 bits per heavy atom. The van der Waals surface area contributed by atoms with Crippen LogP contribution in [0.1, 0.15) is 226 Å². The van der Waals surface area contributed by atoms with Gasteiger partial charge in [-0.05, 0) is 128 Å². The van der Waals surface area contributed by atoms with Gasteiger partial charge >= 0.3 is 17.9 Å². The number of unbranched alkanes of at least 4 members (excludes halogenated alkanes) is 13. The average Bonchev–Trinajstić information content (AvgIpc) is 3.41. The van der Waals surface area contributed by atoms with E-state index in [1.54, 1.807) is 6.08 Å². The van der Waals surface area contributed by atoms with Crippen LogP contribution in [0, 0.1) is 0 Å². The summed E-state index contributed by atoms with van der Waals surface area (Å²) >= 11 is 0. The Bertz CT molecular complexity index is 1750. The van der Waals surface area contributed by atoms with Crippen molar-refractivity contribution in [1.82, 2.24) is 0 Å². The molecule has 0 rings (SSSR count). The van der Waals surface area contributed by atoms with Gasteiger partial charge in [-0.3, -0.25) is 14.4 Å². The first-order valence-electron chi connectivity index (χ1n) is 29.6. The smallest absolute Gasteiger partial charge is 0.309 e. The van der Waals surface area contributed by atoms with E-state index in [2.05, 4.69) is 179 Å². The van der Waals surface area contributed by atoms with Crippen LogP contribution >= 0.6 is 0 Å². The highest BCUT2D eigenvalue weighted by molar-refractivity contribution is 5.72. The maximum absolute atomic E-state index is 12.9. The summed E-state index contributed by atoms with van der Waals surface area (Å²) in [6.45, 7) is 6.17. The molecule has 75 heavy (non-hydrogen) atoms. The largest absolute Gasteiger partial charge is 0.462 e. The molecular weight excluding hydrogens is 925 g/mol. The summed E-state index contributed by atoms with van der Waals surface area (Å²) in [6, 6.07) is 0. The molecule has 0 N–H and O–H groups in total. The predicted octanol–water partition coefficient (Wildman–Crippen LogP) is 20.3. The van der Waals surface area contributed by atoms with Gasteiger partial charge in [0.2, 0.25) is 0 Å². The molecule has 0 heterocycles. The van der Waals surface area contributed by atoms with E-state index >= 15 is 0 Å². The first kappa shape index (κ1) is 69.8. The Labute approximate surface area is 460 Å². The molecule has 0 aromatic heterocycles. The number of ether oxygens (including phenoxy) is 3. The van der Waals surface area contributed by atoms with E-state index in [0.29, 0.717) is 6.42 Å². The molecule has 0 radical (unpaired) electrons. The second kappa shape index (κ2) is 61.3. The zero-order valence-electron chi connectivity index (χ0n) is 47.7. The highest BCUT2D eigenvalue weighted by atomic mass is 16.6. The third-order valence-electron chi connectivity index (χ3n) is 11.7. The minimum absolute atomic E-state index is 0.112. The maximum atomic E-state index is 12.9. The molecular formula is C69H106O6. The fourth-order valence-electron chi connectivity index (χ4n) is 7.41. The van der Waals surface area contributed by atoms with Crippen LogP contribution in [0.15, 0.2) is 170 Å². The van der Waals surface area contributed by atoms with Gasteiger partial charge in [-0.1, -0.05) is 249 Å². The van der Waals surface area contributed by atoms with Gasteiger partial charge in [-0.15, -0.1) is 0 Å². The van der Waals surface area contributed by atoms with Gasteiger partial charge in [0, 0.05) is 12.8 Å². The van der Waals surface area contributed by atoms with E-state index in [1.807, 2.05) is 6.08 Å². The molecule has 0 bridgehead atoms. The van der Waals surface area contributed by atoms with Crippen LogP contribution in [0.25, 0.3) is 0 Å². The lowest BCUT2D eigenvalue weighted by Gasteiger charge is -2.18. The molecule has 0 aliphatic carbocycles. The fraction of sp³-hybridized carbons (Fsp3) is 0.551. The van der Waals surface area contributed by atoms with Gasteiger partial charge < -0.3 is 14.2 Å². The number of carbonyl (C=O) groups is 3. The molecule has 0 amide bonds. The van der Waals surface area contributed by atoms with Crippen LogP contribution in [0.4, 0.5) is 0 Å². The maximum Gasteiger partial charge on any atom is 0.309 e. The molecule has 6 heteroatoms. The van der Waals surface area contributed by atoms with Gasteiger partial charge in [0.15, 0.2) is 6.10 Å². The number of allylic oxidation sites excluding steroid dienone is 27. The second-order valence-electron chi connectivity index (χ2n) is 18.8. The van der Waals surface area contributed by atoms with Crippen molar-refractivity contribution in [2.75, 3.05) is 13.2 Å². The van der Waals surface area contributed by atoms with E-state index in [9.17, 15) is 14.4 Å². The van der Waals surface area contributed by atoms with Crippen molar-refractivity contribution in [3.05, 3.63) is 170 Å². The van der Waals surface area contributed by atoms with Crippen LogP contribution in [0.3, 0.4) is 0 Å². The summed E-state index contributed by atoms with van der Waals surface area (Å²) < 4.78 is 16.7. The first-order valence-corrected chi connectivity index (χ1v) is 29.6. The monoisotopic (exact) mass is 1030 g/mol. The van der Waals surface area contributed by atoms with Gasteiger partial charge in [0.05, 0.1) is 6.42 Å². The molecule has 0 aliphatic rings. The van der Waals surface area contributed by atoms with E-state index in [-0.39, 0.29) is 38.0 Å². The number of hydrogen-bond acceptors (Lipinski definition) is 6. The minimum Gasteiger partial charge on any atom is -0.462 e. The zero-order valence-corrected chi connectivity index (χ0v) is 47.7. The van der Waals surface area contributed by atoms with Crippen LogP contribution in [0.5, 0.6) is 0 Å². The van der Waals surface area contributed by atoms with E-state index in [4.69, 9.17) is 14.2 Å². The Kier molecular flexibility index (Phi) is 57.0. The first-order chi connectivity index (χ1) is 37.0. The quantitative estimate of drug-likeness (QED) is 0.0261. The van der Waals surface area contributed by atoms with Crippen LogP contribution in [-0.4, -0.2) is 37.2 Å². The van der Waals surface area contributed by atoms with Crippen LogP contribution in [0.2, 0.25) is 0 Å². The van der Waals surface area contributed by atoms with Crippen molar-refractivity contribution < 1.29 is 28.6 Å². The van der Waals surface area contributed by atoms with Crippen molar-refractivity contribution in [3.63, 3.8) is 0 Å². The molecule has 6 nitrogen and oxygen atoms in total. The van der Waals surface area contributed by atoms with Gasteiger partial charge in [-0.2, -0.15) is 0 Å². The normalized spacial score (nSPS) is 13.4. The Morgan fingerprint density at radius 1 is 0.280 bits per heavy atom. The SMILES string of the molecule is CC/C=C\C/C=C\C/C=C\C/C=C\C/C=C\CCCCCCCCCCCC(=O)OCC(COC(=O)C/C=C\C/C=C\C/C=C\C/C=C\C/C=C\CC)OC(=O)CCCCCC/C=C\C/C=C\C/C=C\C/C=C\CC. The van der Waals surface area contributed by atoms with Crippen molar-refractivity contribution in [3.8, 4) is 0 Å². The average molecular weight is 1030 g/mol. The summed E-state index contributed by atoms with van der Waals surface area (Å²) in [7, 11) is 0. The van der Waals surface area contributed by atoms with Crippen molar-refractivity contribution >= 4 is 17.9 Å². The van der Waals surface area contributed by atoms with Crippen molar-refractivity contribution in [1.29, 1.82) is 0 Å². The standard InChI is InChI=1S/C69H106O6/c1-4-7-10-13-16-19-22-25-28-30-31-32-33-34-35-36-37-39-41-44-47-50-53-56-59-62-68(71)74-65-66(64-73-67(70)61-58-55-52-49-46-43-40-27-24-21-18-15-12-9-6-3)75-69(72)63-60-57-54-51-48-45-42-38-29-26-23-20-17-14-11-8-5-2/h7-12,16-21,25-29,31-32,34-35,40,42,45-46,49,55,58,66H,4-6,13-15,22-24,30,33,36-39,41,43-44,47-48,50-54,56-57,59-65H2,1-3H3/b10-7-,11-8-,12-9-,19-16-,20-17-,21-18-,28-25-,29-26-,32-31-,35-34-,40-27-,45-42-,49-46-,58-55-. The highest BCUT2D eigenvalue weighted by Crippen LogP contribution is 2.13. The molecule has 418 valence electrons. The van der Waals surface area contributed by atoms with Gasteiger partial charge in [0.25, 0.3) is 0 Å². The fourth-order valence-corrected chi connectivity index (χ4v) is 7.41. The summed E-state index contributed by atoms with van der Waals surface area (Å²) in [5.74, 6) is -1.10. The Balaban J connectivity index is 4.51. The molecule has 1 atom stereocenters. The van der Waals surface area contributed by atoms with Gasteiger partial charge in [0.1, 0.15) is 13.2 Å². The minimum atomic E-state index is -0.843. The predicted molar refractivity (Wildman–Crippen MR) is 325 cm³/mol. The van der Waals surface area contributed by atoms with E-state index in [1.165, 1.54) is 38.5 Å². The number of hydrogen-bond donors (Lipinski definition) is 0. The van der Waals surface area contributed by atoms with Crippen LogP contribution in [-0.2, 0) is 28.6 Å². The molecule has 0 aliphatic heterocycles. The summed E-state index contributed by atoms with van der Waals surface area (Å²) in [4.78, 5) is 38.2.